The van der Waals surface area contributed by atoms with Crippen LogP contribution in [0.1, 0.15) is 5.82 Å². The van der Waals surface area contributed by atoms with E-state index in [0.717, 1.165) is 4.88 Å². The van der Waals surface area contributed by atoms with E-state index in [4.69, 9.17) is 21.1 Å². The fraction of sp³-hybridized carbons (Fsp3) is 0.250. The minimum atomic E-state index is -0.0356. The molecule has 2 aromatic heterocycles. The van der Waals surface area contributed by atoms with Crippen LogP contribution >= 0.6 is 22.9 Å². The van der Waals surface area contributed by atoms with Crippen molar-refractivity contribution in [1.82, 2.24) is 14.8 Å². The average molecular weight is 366 g/mol. The first-order valence-electron chi connectivity index (χ1n) is 7.26. The van der Waals surface area contributed by atoms with Crippen LogP contribution in [0.15, 0.2) is 35.7 Å². The lowest BCUT2D eigenvalue weighted by Gasteiger charge is -2.08. The Kier molecular flexibility index (Phi) is 5.34. The zero-order valence-corrected chi connectivity index (χ0v) is 14.5. The van der Waals surface area contributed by atoms with Gasteiger partial charge >= 0.3 is 0 Å². The first-order chi connectivity index (χ1) is 11.7. The summed E-state index contributed by atoms with van der Waals surface area (Å²) in [6.45, 7) is 0.492. The van der Waals surface area contributed by atoms with Gasteiger partial charge < -0.3 is 14.6 Å². The lowest BCUT2D eigenvalue weighted by atomic mass is 10.3. The second-order valence-corrected chi connectivity index (χ2v) is 6.16. The van der Waals surface area contributed by atoms with Crippen LogP contribution < -0.4 is 9.47 Å². The van der Waals surface area contributed by atoms with Gasteiger partial charge in [-0.3, -0.25) is 0 Å². The third-order valence-electron chi connectivity index (χ3n) is 3.27. The van der Waals surface area contributed by atoms with Crippen LogP contribution in [0.5, 0.6) is 11.5 Å². The van der Waals surface area contributed by atoms with Crippen LogP contribution in [-0.4, -0.2) is 33.6 Å². The van der Waals surface area contributed by atoms with Crippen molar-refractivity contribution in [2.75, 3.05) is 13.7 Å². The normalized spacial score (nSPS) is 10.8. The highest BCUT2D eigenvalue weighted by atomic mass is 35.5. The van der Waals surface area contributed by atoms with Crippen molar-refractivity contribution in [2.24, 2.45) is 0 Å². The molecule has 0 aliphatic carbocycles. The number of halogens is 1. The van der Waals surface area contributed by atoms with Crippen molar-refractivity contribution in [3.63, 3.8) is 0 Å². The van der Waals surface area contributed by atoms with Gasteiger partial charge in [-0.25, -0.2) is 9.67 Å². The molecule has 0 unspecified atom stereocenters. The second kappa shape index (κ2) is 7.65. The third-order valence-corrected chi connectivity index (χ3v) is 4.61. The summed E-state index contributed by atoms with van der Waals surface area (Å²) in [5.41, 5.74) is 0. The van der Waals surface area contributed by atoms with Crippen molar-refractivity contribution < 1.29 is 14.6 Å². The quantitative estimate of drug-likeness (QED) is 0.696. The highest BCUT2D eigenvalue weighted by Crippen LogP contribution is 2.32. The molecular formula is C16H16ClN3O3S. The second-order valence-electron chi connectivity index (χ2n) is 4.84. The van der Waals surface area contributed by atoms with E-state index in [9.17, 15) is 5.11 Å². The van der Waals surface area contributed by atoms with Crippen LogP contribution in [-0.2, 0) is 13.2 Å². The maximum Gasteiger partial charge on any atom is 0.188 e. The Morgan fingerprint density at radius 1 is 1.25 bits per heavy atom. The molecule has 0 spiro atoms. The summed E-state index contributed by atoms with van der Waals surface area (Å²) in [7, 11) is 1.59. The monoisotopic (exact) mass is 365 g/mol. The standard InChI is InChI=1S/C16H16ClN3O3S/c1-22-12-4-2-3-5-13(12)23-10-14-18-16(20(19-14)7-8-21)15-11(17)6-9-24-15/h2-6,9,21H,7-8,10H2,1H3. The van der Waals surface area contributed by atoms with Gasteiger partial charge in [-0.2, -0.15) is 5.10 Å². The highest BCUT2D eigenvalue weighted by Gasteiger charge is 2.16. The van der Waals surface area contributed by atoms with Crippen LogP contribution in [0.4, 0.5) is 0 Å². The van der Waals surface area contributed by atoms with Gasteiger partial charge in [0.1, 0.15) is 6.61 Å². The molecule has 8 heteroatoms. The Morgan fingerprint density at radius 2 is 2.04 bits per heavy atom. The third kappa shape index (κ3) is 3.53. The summed E-state index contributed by atoms with van der Waals surface area (Å²) in [4.78, 5) is 5.32. The van der Waals surface area contributed by atoms with E-state index in [0.29, 0.717) is 34.7 Å². The number of hydrogen-bond donors (Lipinski definition) is 1. The zero-order valence-electron chi connectivity index (χ0n) is 13.0. The van der Waals surface area contributed by atoms with Gasteiger partial charge in [-0.1, -0.05) is 23.7 Å². The Hall–Kier alpha value is -2.09. The van der Waals surface area contributed by atoms with Gasteiger partial charge in [-0.05, 0) is 23.6 Å². The van der Waals surface area contributed by atoms with Crippen molar-refractivity contribution >= 4 is 22.9 Å². The summed E-state index contributed by atoms with van der Waals surface area (Å²) in [6, 6.07) is 9.19. The van der Waals surface area contributed by atoms with E-state index >= 15 is 0 Å². The van der Waals surface area contributed by atoms with E-state index in [1.165, 1.54) is 11.3 Å². The van der Waals surface area contributed by atoms with Gasteiger partial charge in [0.05, 0.1) is 30.2 Å². The summed E-state index contributed by atoms with van der Waals surface area (Å²) >= 11 is 7.67. The fourth-order valence-corrected chi connectivity index (χ4v) is 3.34. The molecule has 126 valence electrons. The van der Waals surface area contributed by atoms with E-state index in [1.54, 1.807) is 11.8 Å². The van der Waals surface area contributed by atoms with Crippen molar-refractivity contribution in [2.45, 2.75) is 13.2 Å². The van der Waals surface area contributed by atoms with E-state index in [1.807, 2.05) is 35.7 Å². The number of thiophene rings is 1. The molecule has 0 aliphatic rings. The number of rotatable bonds is 7. The largest absolute Gasteiger partial charge is 0.493 e. The molecule has 0 fully saturated rings. The van der Waals surface area contributed by atoms with Gasteiger partial charge in [0, 0.05) is 0 Å². The first-order valence-corrected chi connectivity index (χ1v) is 8.52. The Bertz CT molecular complexity index is 819. The summed E-state index contributed by atoms with van der Waals surface area (Å²) in [6.07, 6.45) is 0. The minimum absolute atomic E-state index is 0.0356. The highest BCUT2D eigenvalue weighted by molar-refractivity contribution is 7.14. The topological polar surface area (TPSA) is 69.4 Å². The molecule has 24 heavy (non-hydrogen) atoms. The van der Waals surface area contributed by atoms with Crippen molar-refractivity contribution in [3.8, 4) is 22.2 Å². The van der Waals surface area contributed by atoms with Crippen LogP contribution in [0, 0.1) is 0 Å². The van der Waals surface area contributed by atoms with Crippen molar-refractivity contribution in [1.29, 1.82) is 0 Å². The molecule has 2 heterocycles. The number of hydrogen-bond acceptors (Lipinski definition) is 6. The summed E-state index contributed by atoms with van der Waals surface area (Å²) in [5.74, 6) is 2.40. The number of aliphatic hydroxyl groups is 1. The lowest BCUT2D eigenvalue weighted by molar-refractivity contribution is 0.263. The molecule has 0 bridgehead atoms. The SMILES string of the molecule is COc1ccccc1OCc1nc(-c2sccc2Cl)n(CCO)n1. The first kappa shape index (κ1) is 16.8. The van der Waals surface area contributed by atoms with Gasteiger partial charge in [-0.15, -0.1) is 11.3 Å². The molecule has 6 nitrogen and oxygen atoms in total. The van der Waals surface area contributed by atoms with E-state index in [-0.39, 0.29) is 13.2 Å². The Morgan fingerprint density at radius 3 is 2.71 bits per heavy atom. The Balaban J connectivity index is 1.83. The molecule has 0 radical (unpaired) electrons. The number of aromatic nitrogens is 3. The van der Waals surface area contributed by atoms with Crippen molar-refractivity contribution in [3.05, 3.63) is 46.6 Å². The molecule has 0 saturated carbocycles. The lowest BCUT2D eigenvalue weighted by Crippen LogP contribution is -2.06. The average Bonchev–Trinajstić information content (AvgIpc) is 3.19. The molecule has 1 aromatic carbocycles. The van der Waals surface area contributed by atoms with E-state index < -0.39 is 0 Å². The maximum atomic E-state index is 9.23. The molecular weight excluding hydrogens is 350 g/mol. The molecule has 0 saturated heterocycles. The van der Waals surface area contributed by atoms with Gasteiger partial charge in [0.2, 0.25) is 0 Å². The molecule has 1 N–H and O–H groups in total. The number of nitrogens with zero attached hydrogens (tertiary/aromatic N) is 3. The molecule has 3 aromatic rings. The predicted octanol–water partition coefficient (Wildman–Crippen LogP) is 3.24. The fourth-order valence-electron chi connectivity index (χ4n) is 2.20. The number of ether oxygens (including phenoxy) is 2. The van der Waals surface area contributed by atoms with Crippen LogP contribution in [0.25, 0.3) is 10.7 Å². The number of para-hydroxylation sites is 2. The maximum absolute atomic E-state index is 9.23. The minimum Gasteiger partial charge on any atom is -0.493 e. The summed E-state index contributed by atoms with van der Waals surface area (Å²) < 4.78 is 12.6. The zero-order chi connectivity index (χ0) is 16.9. The smallest absolute Gasteiger partial charge is 0.188 e. The Labute approximate surface area is 148 Å². The predicted molar refractivity (Wildman–Crippen MR) is 92.8 cm³/mol. The molecule has 0 atom stereocenters. The van der Waals surface area contributed by atoms with Gasteiger partial charge in [0.15, 0.2) is 23.1 Å². The molecule has 0 amide bonds. The molecule has 0 aliphatic heterocycles. The molecule has 3 rings (SSSR count). The number of benzene rings is 1. The van der Waals surface area contributed by atoms with Crippen LogP contribution in [0.2, 0.25) is 5.02 Å². The van der Waals surface area contributed by atoms with E-state index in [2.05, 4.69) is 10.1 Å². The number of methoxy groups -OCH3 is 1. The number of aliphatic hydroxyl groups excluding tert-OH is 1. The summed E-state index contributed by atoms with van der Waals surface area (Å²) in [5, 5.41) is 16.1. The van der Waals surface area contributed by atoms with Crippen LogP contribution in [0.3, 0.4) is 0 Å². The van der Waals surface area contributed by atoms with Gasteiger partial charge in [0.25, 0.3) is 0 Å².